The summed E-state index contributed by atoms with van der Waals surface area (Å²) in [7, 11) is 0. The third-order valence-electron chi connectivity index (χ3n) is 3.59. The third-order valence-corrected chi connectivity index (χ3v) is 3.59. The maximum Gasteiger partial charge on any atom is 0.122 e. The van der Waals surface area contributed by atoms with Crippen molar-refractivity contribution in [3.05, 3.63) is 29.3 Å². The summed E-state index contributed by atoms with van der Waals surface area (Å²) >= 11 is 0. The monoisotopic (exact) mass is 294 g/mol. The molecular weight excluding hydrogens is 262 g/mol. The van der Waals surface area contributed by atoms with E-state index in [1.807, 2.05) is 0 Å². The quantitative estimate of drug-likeness (QED) is 0.637. The number of nitrogens with two attached hydrogens (primary N) is 1. The van der Waals surface area contributed by atoms with Crippen molar-refractivity contribution in [1.82, 2.24) is 0 Å². The van der Waals surface area contributed by atoms with Gasteiger partial charge < -0.3 is 14.8 Å². The van der Waals surface area contributed by atoms with Crippen LogP contribution in [0.2, 0.25) is 0 Å². The molecule has 0 aliphatic heterocycles. The van der Waals surface area contributed by atoms with Gasteiger partial charge in [-0.3, -0.25) is 0 Å². The van der Waals surface area contributed by atoms with Crippen LogP contribution in [0.25, 0.3) is 0 Å². The molecule has 0 aromatic heterocycles. The number of rotatable bonds is 11. The van der Waals surface area contributed by atoms with Gasteiger partial charge in [0.25, 0.3) is 0 Å². The summed E-state index contributed by atoms with van der Waals surface area (Å²) in [6.07, 6.45) is 2.55. The summed E-state index contributed by atoms with van der Waals surface area (Å²) in [5.74, 6) is 1.52. The highest BCUT2D eigenvalue weighted by Crippen LogP contribution is 2.24. The van der Waals surface area contributed by atoms with Crippen LogP contribution < -0.4 is 10.1 Å². The maximum absolute atomic E-state index is 5.84. The Morgan fingerprint density at radius 3 is 2.62 bits per heavy atom. The number of benzene rings is 1. The summed E-state index contributed by atoms with van der Waals surface area (Å²) in [5, 5.41) is 2.32. The average Bonchev–Trinajstić information content (AvgIpc) is 2.47. The molecule has 1 aromatic carbocycles. The number of quaternary nitrogens is 1. The lowest BCUT2D eigenvalue weighted by atomic mass is 10.0. The molecule has 0 saturated carbocycles. The van der Waals surface area contributed by atoms with Crippen LogP contribution in [0.15, 0.2) is 18.2 Å². The van der Waals surface area contributed by atoms with Gasteiger partial charge in [-0.15, -0.1) is 0 Å². The van der Waals surface area contributed by atoms with E-state index < -0.39 is 0 Å². The standard InChI is InChI=1S/C18H31NO2/c1-5-6-9-19-10-11-20-12-13-21-18-14-17(15(2)3)8-7-16(18)4/h7-8,14-15,19H,5-6,9-13H2,1-4H3/p+1. The number of aryl methyl sites for hydroxylation is 1. The second-order valence-corrected chi connectivity index (χ2v) is 5.86. The zero-order chi connectivity index (χ0) is 15.5. The normalized spacial score (nSPS) is 11.1. The lowest BCUT2D eigenvalue weighted by molar-refractivity contribution is -0.656. The van der Waals surface area contributed by atoms with Gasteiger partial charge in [-0.25, -0.2) is 0 Å². The molecule has 2 N–H and O–H groups in total. The van der Waals surface area contributed by atoms with Crippen LogP contribution in [-0.4, -0.2) is 32.9 Å². The molecule has 0 heterocycles. The zero-order valence-corrected chi connectivity index (χ0v) is 14.2. The lowest BCUT2D eigenvalue weighted by Crippen LogP contribution is -2.85. The first kappa shape index (κ1) is 18.0. The Morgan fingerprint density at radius 1 is 1.10 bits per heavy atom. The summed E-state index contributed by atoms with van der Waals surface area (Å²) in [6, 6.07) is 6.46. The van der Waals surface area contributed by atoms with Gasteiger partial charge in [0.1, 0.15) is 12.4 Å². The van der Waals surface area contributed by atoms with E-state index in [0.717, 1.165) is 18.9 Å². The molecule has 0 bridgehead atoms. The van der Waals surface area contributed by atoms with Crippen molar-refractivity contribution in [2.45, 2.75) is 46.5 Å². The minimum atomic E-state index is 0.530. The summed E-state index contributed by atoms with van der Waals surface area (Å²) in [6.45, 7) is 13.0. The molecule has 0 fully saturated rings. The van der Waals surface area contributed by atoms with Crippen molar-refractivity contribution in [3.8, 4) is 5.75 Å². The van der Waals surface area contributed by atoms with E-state index in [1.165, 1.54) is 30.5 Å². The molecule has 0 radical (unpaired) electrons. The van der Waals surface area contributed by atoms with Crippen LogP contribution in [0.5, 0.6) is 5.75 Å². The van der Waals surface area contributed by atoms with Crippen molar-refractivity contribution in [1.29, 1.82) is 0 Å². The summed E-state index contributed by atoms with van der Waals surface area (Å²) in [5.41, 5.74) is 2.51. The van der Waals surface area contributed by atoms with Gasteiger partial charge >= 0.3 is 0 Å². The van der Waals surface area contributed by atoms with Gasteiger partial charge in [0.2, 0.25) is 0 Å². The number of hydrogen-bond acceptors (Lipinski definition) is 2. The SMILES string of the molecule is CCCC[NH2+]CCOCCOc1cc(C(C)C)ccc1C. The predicted molar refractivity (Wildman–Crippen MR) is 88.1 cm³/mol. The molecule has 0 aliphatic rings. The second-order valence-electron chi connectivity index (χ2n) is 5.86. The molecule has 3 heteroatoms. The largest absolute Gasteiger partial charge is 0.491 e. The Bertz CT molecular complexity index is 391. The van der Waals surface area contributed by atoms with Gasteiger partial charge in [0, 0.05) is 0 Å². The Balaban J connectivity index is 2.16. The van der Waals surface area contributed by atoms with E-state index in [1.54, 1.807) is 0 Å². The number of hydrogen-bond donors (Lipinski definition) is 1. The highest BCUT2D eigenvalue weighted by atomic mass is 16.5. The molecule has 3 nitrogen and oxygen atoms in total. The highest BCUT2D eigenvalue weighted by Gasteiger charge is 2.04. The fourth-order valence-electron chi connectivity index (χ4n) is 2.10. The van der Waals surface area contributed by atoms with Crippen molar-refractivity contribution < 1.29 is 14.8 Å². The first-order valence-electron chi connectivity index (χ1n) is 8.28. The third kappa shape index (κ3) is 7.49. The van der Waals surface area contributed by atoms with Gasteiger partial charge in [-0.2, -0.15) is 0 Å². The molecular formula is C18H32NO2+. The fourth-order valence-corrected chi connectivity index (χ4v) is 2.10. The van der Waals surface area contributed by atoms with E-state index in [0.29, 0.717) is 19.1 Å². The van der Waals surface area contributed by atoms with Crippen molar-refractivity contribution in [2.24, 2.45) is 0 Å². The van der Waals surface area contributed by atoms with Crippen LogP contribution in [0.3, 0.4) is 0 Å². The fraction of sp³-hybridized carbons (Fsp3) is 0.667. The Labute approximate surface area is 130 Å². The predicted octanol–water partition coefficient (Wildman–Crippen LogP) is 2.88. The Morgan fingerprint density at radius 2 is 1.90 bits per heavy atom. The smallest absolute Gasteiger partial charge is 0.122 e. The van der Waals surface area contributed by atoms with Crippen LogP contribution in [0.1, 0.15) is 50.7 Å². The Kier molecular flexibility index (Phi) is 9.11. The van der Waals surface area contributed by atoms with E-state index in [4.69, 9.17) is 9.47 Å². The van der Waals surface area contributed by atoms with Gasteiger partial charge in [0.05, 0.1) is 26.3 Å². The molecule has 1 aromatic rings. The van der Waals surface area contributed by atoms with Crippen molar-refractivity contribution in [2.75, 3.05) is 32.9 Å². The minimum absolute atomic E-state index is 0.530. The van der Waals surface area contributed by atoms with Gasteiger partial charge in [-0.05, 0) is 36.5 Å². The number of unbranched alkanes of at least 4 members (excludes halogenated alkanes) is 1. The van der Waals surface area contributed by atoms with E-state index in [2.05, 4.69) is 51.2 Å². The topological polar surface area (TPSA) is 35.1 Å². The molecule has 120 valence electrons. The van der Waals surface area contributed by atoms with E-state index >= 15 is 0 Å². The second kappa shape index (κ2) is 10.6. The highest BCUT2D eigenvalue weighted by molar-refractivity contribution is 5.37. The summed E-state index contributed by atoms with van der Waals surface area (Å²) in [4.78, 5) is 0. The molecule has 0 saturated heterocycles. The van der Waals surface area contributed by atoms with Gasteiger partial charge in [0.15, 0.2) is 0 Å². The van der Waals surface area contributed by atoms with Gasteiger partial charge in [-0.1, -0.05) is 39.3 Å². The van der Waals surface area contributed by atoms with E-state index in [-0.39, 0.29) is 0 Å². The van der Waals surface area contributed by atoms with Crippen LogP contribution >= 0.6 is 0 Å². The Hall–Kier alpha value is -1.06. The van der Waals surface area contributed by atoms with Crippen molar-refractivity contribution >= 4 is 0 Å². The molecule has 1 rings (SSSR count). The molecule has 0 atom stereocenters. The van der Waals surface area contributed by atoms with E-state index in [9.17, 15) is 0 Å². The summed E-state index contributed by atoms with van der Waals surface area (Å²) < 4.78 is 11.4. The molecule has 0 spiro atoms. The molecule has 21 heavy (non-hydrogen) atoms. The molecule has 0 amide bonds. The average molecular weight is 294 g/mol. The lowest BCUT2D eigenvalue weighted by Gasteiger charge is -2.13. The van der Waals surface area contributed by atoms with Crippen LogP contribution in [0, 0.1) is 6.92 Å². The van der Waals surface area contributed by atoms with Crippen LogP contribution in [-0.2, 0) is 4.74 Å². The molecule has 0 aliphatic carbocycles. The first-order valence-corrected chi connectivity index (χ1v) is 8.28. The zero-order valence-electron chi connectivity index (χ0n) is 14.2. The maximum atomic E-state index is 5.84. The van der Waals surface area contributed by atoms with Crippen LogP contribution in [0.4, 0.5) is 0 Å². The minimum Gasteiger partial charge on any atom is -0.491 e. The number of ether oxygens (including phenoxy) is 2. The van der Waals surface area contributed by atoms with Crippen molar-refractivity contribution in [3.63, 3.8) is 0 Å². The first-order chi connectivity index (χ1) is 10.1. The molecule has 0 unspecified atom stereocenters.